The van der Waals surface area contributed by atoms with Crippen LogP contribution in [0.15, 0.2) is 0 Å². The van der Waals surface area contributed by atoms with Crippen molar-refractivity contribution in [3.8, 4) is 0 Å². The molecule has 5 nitrogen and oxygen atoms in total. The zero-order chi connectivity index (χ0) is 14.8. The van der Waals surface area contributed by atoms with Crippen molar-refractivity contribution in [1.29, 1.82) is 0 Å². The third-order valence-electron chi connectivity index (χ3n) is 4.86. The third-order valence-corrected chi connectivity index (χ3v) is 4.86. The molecule has 1 N–H and O–H groups in total. The summed E-state index contributed by atoms with van der Waals surface area (Å²) in [4.78, 5) is 25.9. The van der Waals surface area contributed by atoms with Crippen LogP contribution in [0.25, 0.3) is 0 Å². The van der Waals surface area contributed by atoms with Crippen LogP contribution >= 0.6 is 0 Å². The molecule has 1 saturated heterocycles. The summed E-state index contributed by atoms with van der Waals surface area (Å²) in [7, 11) is 1.72. The van der Waals surface area contributed by atoms with Crippen LogP contribution in [-0.4, -0.2) is 48.1 Å². The zero-order valence-electron chi connectivity index (χ0n) is 12.8. The average Bonchev–Trinajstić information content (AvgIpc) is 2.67. The lowest BCUT2D eigenvalue weighted by Gasteiger charge is -2.41. The number of hydrogen-bond donors (Lipinski definition) is 1. The minimum Gasteiger partial charge on any atom is -0.377 e. The normalized spacial score (nSPS) is 25.4. The Morgan fingerprint density at radius 1 is 1.35 bits per heavy atom. The predicted molar refractivity (Wildman–Crippen MR) is 76.2 cm³/mol. The number of methoxy groups -OCH3 is 1. The van der Waals surface area contributed by atoms with Gasteiger partial charge in [0.25, 0.3) is 0 Å². The van der Waals surface area contributed by atoms with E-state index in [1.165, 1.54) is 11.3 Å². The summed E-state index contributed by atoms with van der Waals surface area (Å²) < 4.78 is 5.54. The van der Waals surface area contributed by atoms with Gasteiger partial charge in [0.2, 0.25) is 11.8 Å². The second-order valence-electron chi connectivity index (χ2n) is 5.95. The Balaban J connectivity index is 1.94. The molecule has 114 valence electrons. The van der Waals surface area contributed by atoms with Gasteiger partial charge in [0.1, 0.15) is 0 Å². The first-order chi connectivity index (χ1) is 9.56. The highest BCUT2D eigenvalue weighted by atomic mass is 16.5. The smallest absolute Gasteiger partial charge is 0.247 e. The van der Waals surface area contributed by atoms with Crippen molar-refractivity contribution in [3.05, 3.63) is 0 Å². The summed E-state index contributed by atoms with van der Waals surface area (Å²) in [6.07, 6.45) is 5.16. The van der Waals surface area contributed by atoms with Crippen LogP contribution in [0.3, 0.4) is 0 Å². The Labute approximate surface area is 121 Å². The van der Waals surface area contributed by atoms with Crippen LogP contribution in [-0.2, 0) is 14.3 Å². The molecule has 1 aliphatic heterocycles. The quantitative estimate of drug-likeness (QED) is 0.718. The summed E-state index contributed by atoms with van der Waals surface area (Å²) >= 11 is 0. The van der Waals surface area contributed by atoms with Crippen LogP contribution < -0.4 is 5.32 Å². The van der Waals surface area contributed by atoms with E-state index in [0.717, 1.165) is 25.7 Å². The first kappa shape index (κ1) is 15.4. The predicted octanol–water partition coefficient (Wildman–Crippen LogP) is 1.46. The van der Waals surface area contributed by atoms with Gasteiger partial charge in [-0.15, -0.1) is 0 Å². The van der Waals surface area contributed by atoms with Crippen LogP contribution in [0.2, 0.25) is 0 Å². The molecule has 2 amide bonds. The van der Waals surface area contributed by atoms with Crippen molar-refractivity contribution in [3.63, 3.8) is 0 Å². The van der Waals surface area contributed by atoms with Gasteiger partial charge in [-0.3, -0.25) is 14.5 Å². The van der Waals surface area contributed by atoms with Crippen molar-refractivity contribution < 1.29 is 14.3 Å². The highest BCUT2D eigenvalue weighted by Crippen LogP contribution is 2.34. The number of amides is 2. The van der Waals surface area contributed by atoms with Crippen molar-refractivity contribution in [2.75, 3.05) is 13.7 Å². The van der Waals surface area contributed by atoms with Crippen LogP contribution in [0.1, 0.15) is 52.4 Å². The minimum absolute atomic E-state index is 0.0405. The van der Waals surface area contributed by atoms with Crippen molar-refractivity contribution in [2.24, 2.45) is 0 Å². The van der Waals surface area contributed by atoms with E-state index >= 15 is 0 Å². The fourth-order valence-corrected chi connectivity index (χ4v) is 3.18. The summed E-state index contributed by atoms with van der Waals surface area (Å²) in [5.41, 5.74) is -0.119. The molecule has 0 aromatic heterocycles. The molecule has 2 fully saturated rings. The minimum atomic E-state index is -0.365. The van der Waals surface area contributed by atoms with Crippen molar-refractivity contribution in [2.45, 2.75) is 70.1 Å². The number of nitrogens with zero attached hydrogens (tertiary/aromatic N) is 1. The maximum Gasteiger partial charge on any atom is 0.247 e. The maximum atomic E-state index is 12.4. The molecular formula is C15H26N2O3. The molecule has 1 aliphatic carbocycles. The summed E-state index contributed by atoms with van der Waals surface area (Å²) in [6, 6.07) is -0.322. The first-order valence-corrected chi connectivity index (χ1v) is 7.71. The van der Waals surface area contributed by atoms with Gasteiger partial charge >= 0.3 is 0 Å². The molecule has 5 heteroatoms. The summed E-state index contributed by atoms with van der Waals surface area (Å²) in [5.74, 6) is -0.101. The Hall–Kier alpha value is -0.940. The van der Waals surface area contributed by atoms with Crippen molar-refractivity contribution in [1.82, 2.24) is 10.2 Å². The fraction of sp³-hybridized carbons (Fsp3) is 0.867. The second-order valence-corrected chi connectivity index (χ2v) is 5.95. The molecule has 0 bridgehead atoms. The number of hydrogen-bond acceptors (Lipinski definition) is 4. The van der Waals surface area contributed by atoms with Gasteiger partial charge in [0.05, 0.1) is 18.1 Å². The Morgan fingerprint density at radius 2 is 2.00 bits per heavy atom. The van der Waals surface area contributed by atoms with Gasteiger partial charge < -0.3 is 10.1 Å². The van der Waals surface area contributed by atoms with Crippen LogP contribution in [0.5, 0.6) is 0 Å². The van der Waals surface area contributed by atoms with E-state index in [9.17, 15) is 9.59 Å². The molecule has 0 aromatic carbocycles. The summed E-state index contributed by atoms with van der Waals surface area (Å²) in [6.45, 7) is 4.69. The van der Waals surface area contributed by atoms with Crippen molar-refractivity contribution >= 4 is 11.8 Å². The molecule has 1 unspecified atom stereocenters. The maximum absolute atomic E-state index is 12.4. The number of nitrogens with one attached hydrogen (secondary N) is 1. The lowest BCUT2D eigenvalue weighted by atomic mass is 9.80. The van der Waals surface area contributed by atoms with E-state index < -0.39 is 0 Å². The molecule has 1 atom stereocenters. The molecular weight excluding hydrogens is 256 g/mol. The molecule has 1 heterocycles. The van der Waals surface area contributed by atoms with Gasteiger partial charge in [-0.1, -0.05) is 13.8 Å². The lowest BCUT2D eigenvalue weighted by Crippen LogP contribution is -2.52. The third kappa shape index (κ3) is 2.74. The Kier molecular flexibility index (Phi) is 4.81. The second kappa shape index (κ2) is 6.22. The van der Waals surface area contributed by atoms with Gasteiger partial charge in [0.15, 0.2) is 0 Å². The lowest BCUT2D eigenvalue weighted by molar-refractivity contribution is -0.141. The fourth-order valence-electron chi connectivity index (χ4n) is 3.18. The highest BCUT2D eigenvalue weighted by Gasteiger charge is 2.43. The number of carbonyl (C=O) groups is 2. The Morgan fingerprint density at radius 3 is 2.45 bits per heavy atom. The number of ether oxygens (including phenoxy) is 1. The van der Waals surface area contributed by atoms with Gasteiger partial charge in [-0.05, 0) is 32.1 Å². The SMILES string of the molecule is CCC(CC)N1C(=O)CC(NCC2(OC)CCC2)C1=O. The van der Waals surface area contributed by atoms with E-state index in [0.29, 0.717) is 6.54 Å². The molecule has 20 heavy (non-hydrogen) atoms. The number of likely N-dealkylation sites (tertiary alicyclic amines) is 1. The topological polar surface area (TPSA) is 58.6 Å². The van der Waals surface area contributed by atoms with E-state index in [1.807, 2.05) is 13.8 Å². The molecule has 2 aliphatic rings. The standard InChI is InChI=1S/C15H26N2O3/c1-4-11(5-2)17-13(18)9-12(14(17)19)16-10-15(20-3)7-6-8-15/h11-12,16H,4-10H2,1-3H3. The van der Waals surface area contributed by atoms with E-state index in [4.69, 9.17) is 4.74 Å². The van der Waals surface area contributed by atoms with E-state index in [-0.39, 0.29) is 35.9 Å². The van der Waals surface area contributed by atoms with Crippen LogP contribution in [0, 0.1) is 0 Å². The number of rotatable bonds is 7. The molecule has 0 radical (unpaired) electrons. The average molecular weight is 282 g/mol. The molecule has 2 rings (SSSR count). The van der Waals surface area contributed by atoms with Gasteiger partial charge in [-0.25, -0.2) is 0 Å². The van der Waals surface area contributed by atoms with Crippen LogP contribution in [0.4, 0.5) is 0 Å². The molecule has 0 spiro atoms. The first-order valence-electron chi connectivity index (χ1n) is 7.71. The molecule has 1 saturated carbocycles. The largest absolute Gasteiger partial charge is 0.377 e. The monoisotopic (exact) mass is 282 g/mol. The summed E-state index contributed by atoms with van der Waals surface area (Å²) in [5, 5.41) is 3.25. The highest BCUT2D eigenvalue weighted by molar-refractivity contribution is 6.05. The number of imide groups is 1. The van der Waals surface area contributed by atoms with E-state index in [1.54, 1.807) is 7.11 Å². The molecule has 0 aromatic rings. The zero-order valence-corrected chi connectivity index (χ0v) is 12.8. The van der Waals surface area contributed by atoms with E-state index in [2.05, 4.69) is 5.32 Å². The number of carbonyl (C=O) groups excluding carboxylic acids is 2. The van der Waals surface area contributed by atoms with Gasteiger partial charge in [-0.2, -0.15) is 0 Å². The Bertz CT molecular complexity index is 370. The van der Waals surface area contributed by atoms with Gasteiger partial charge in [0, 0.05) is 19.7 Å².